The second-order valence-corrected chi connectivity index (χ2v) is 14.3. The van der Waals surface area contributed by atoms with Crippen molar-refractivity contribution in [2.75, 3.05) is 4.90 Å². The van der Waals surface area contributed by atoms with Crippen molar-refractivity contribution < 1.29 is 4.42 Å². The van der Waals surface area contributed by atoms with E-state index in [1.54, 1.807) is 0 Å². The molecule has 2 aliphatic rings. The van der Waals surface area contributed by atoms with E-state index in [4.69, 9.17) is 19.4 Å². The van der Waals surface area contributed by atoms with Gasteiger partial charge in [-0.05, 0) is 96.1 Å². The smallest absolute Gasteiger partial charge is 0.164 e. The Kier molecular flexibility index (Phi) is 9.01. The summed E-state index contributed by atoms with van der Waals surface area (Å²) in [6.45, 7) is 0. The maximum atomic E-state index is 6.57. The summed E-state index contributed by atoms with van der Waals surface area (Å²) in [5.74, 6) is 1.89. The lowest BCUT2D eigenvalue weighted by Gasteiger charge is -2.26. The van der Waals surface area contributed by atoms with E-state index < -0.39 is 0 Å². The number of anilines is 3. The number of benzene rings is 6. The lowest BCUT2D eigenvalue weighted by molar-refractivity contribution is 0.669. The molecule has 0 aliphatic heterocycles. The van der Waals surface area contributed by atoms with Crippen LogP contribution >= 0.6 is 0 Å². The Labute approximate surface area is 332 Å². The van der Waals surface area contributed by atoms with E-state index in [0.717, 1.165) is 86.1 Å². The molecule has 0 atom stereocenters. The van der Waals surface area contributed by atoms with E-state index >= 15 is 0 Å². The molecule has 0 N–H and O–H groups in total. The number of hydrogen-bond acceptors (Lipinski definition) is 5. The lowest BCUT2D eigenvalue weighted by atomic mass is 9.99. The number of furan rings is 1. The molecule has 0 saturated heterocycles. The lowest BCUT2D eigenvalue weighted by Crippen LogP contribution is -2.09. The van der Waals surface area contributed by atoms with E-state index in [1.165, 1.54) is 11.1 Å². The fourth-order valence-electron chi connectivity index (χ4n) is 7.74. The molecule has 0 amide bonds. The van der Waals surface area contributed by atoms with Crippen LogP contribution in [0.2, 0.25) is 0 Å². The predicted octanol–water partition coefficient (Wildman–Crippen LogP) is 13.9. The molecule has 5 nitrogen and oxygen atoms in total. The van der Waals surface area contributed by atoms with E-state index in [-0.39, 0.29) is 0 Å². The van der Waals surface area contributed by atoms with Crippen LogP contribution in [0.5, 0.6) is 0 Å². The minimum absolute atomic E-state index is 0.610. The van der Waals surface area contributed by atoms with E-state index in [1.807, 2.05) is 48.5 Å². The van der Waals surface area contributed by atoms with Gasteiger partial charge in [-0.25, -0.2) is 15.0 Å². The predicted molar refractivity (Wildman–Crippen MR) is 235 cm³/mol. The van der Waals surface area contributed by atoms with Crippen molar-refractivity contribution in [2.24, 2.45) is 0 Å². The molecular weight excluding hydrogens is 697 g/mol. The molecule has 0 fully saturated rings. The van der Waals surface area contributed by atoms with Crippen LogP contribution < -0.4 is 4.90 Å². The highest BCUT2D eigenvalue weighted by Gasteiger charge is 2.19. The number of hydrogen-bond donors (Lipinski definition) is 0. The summed E-state index contributed by atoms with van der Waals surface area (Å²) in [5, 5.41) is 2.00. The van der Waals surface area contributed by atoms with Crippen LogP contribution in [0.1, 0.15) is 30.7 Å². The zero-order chi connectivity index (χ0) is 38.0. The SMILES string of the molecule is C1=CCC=C(c2nc(-c3ccccc3)nc(-c3cccc4oc5cc(-c6ccc(N(c7ccccc7)c7ccc(C8=CCCC=C8)cc7)cc6)ccc5c34)n2)C=C1. The Morgan fingerprint density at radius 1 is 0.456 bits per heavy atom. The number of aromatic nitrogens is 3. The van der Waals surface area contributed by atoms with Crippen molar-refractivity contribution in [1.82, 2.24) is 15.0 Å². The molecule has 0 unspecified atom stereocenters. The molecule has 0 radical (unpaired) electrons. The molecule has 2 heterocycles. The van der Waals surface area contributed by atoms with Crippen molar-refractivity contribution >= 4 is 50.1 Å². The molecule has 57 heavy (non-hydrogen) atoms. The van der Waals surface area contributed by atoms with Gasteiger partial charge in [0.05, 0.1) is 0 Å². The van der Waals surface area contributed by atoms with Gasteiger partial charge in [-0.3, -0.25) is 0 Å². The number of rotatable bonds is 8. The van der Waals surface area contributed by atoms with E-state index in [0.29, 0.717) is 17.5 Å². The van der Waals surface area contributed by atoms with Gasteiger partial charge in [0.15, 0.2) is 17.5 Å². The number of para-hydroxylation sites is 1. The van der Waals surface area contributed by atoms with Crippen LogP contribution in [0.25, 0.3) is 67.0 Å². The average Bonchev–Trinajstić information content (AvgIpc) is 3.44. The summed E-state index contributed by atoms with van der Waals surface area (Å²) in [4.78, 5) is 17.4. The minimum atomic E-state index is 0.610. The van der Waals surface area contributed by atoms with Gasteiger partial charge < -0.3 is 9.32 Å². The van der Waals surface area contributed by atoms with Gasteiger partial charge in [0.2, 0.25) is 0 Å². The van der Waals surface area contributed by atoms with Crippen LogP contribution in [0, 0.1) is 0 Å². The summed E-state index contributed by atoms with van der Waals surface area (Å²) >= 11 is 0. The molecule has 2 aromatic heterocycles. The molecule has 2 aliphatic carbocycles. The Bertz CT molecular complexity index is 2900. The van der Waals surface area contributed by atoms with Crippen molar-refractivity contribution in [2.45, 2.75) is 19.3 Å². The van der Waals surface area contributed by atoms with Crippen molar-refractivity contribution in [1.29, 1.82) is 0 Å². The van der Waals surface area contributed by atoms with Crippen LogP contribution in [-0.2, 0) is 0 Å². The standard InChI is InChI=1S/C52H38N4O/c1-2-7-18-39(17-6-1)50-53-51(40-19-10-4-11-20-40)55-52(54-50)46-23-14-24-47-49(46)45-34-29-41(35-48(45)57-47)38-27-32-44(33-28-38)56(42-21-12-5-13-22-42)43-30-25-37(26-31-43)36-15-8-3-9-16-36/h1-2,4-6,8,10-35H,3,7,9H2. The Morgan fingerprint density at radius 2 is 1.16 bits per heavy atom. The minimum Gasteiger partial charge on any atom is -0.456 e. The third kappa shape index (κ3) is 6.81. The first-order valence-electron chi connectivity index (χ1n) is 19.5. The Morgan fingerprint density at radius 3 is 1.93 bits per heavy atom. The largest absolute Gasteiger partial charge is 0.456 e. The first kappa shape index (κ1) is 34.1. The van der Waals surface area contributed by atoms with Crippen molar-refractivity contribution in [3.8, 4) is 33.9 Å². The molecular formula is C52H38N4O. The number of allylic oxidation sites excluding steroid dienone is 10. The highest BCUT2D eigenvalue weighted by molar-refractivity contribution is 6.12. The first-order chi connectivity index (χ1) is 28.2. The Balaban J connectivity index is 1.01. The zero-order valence-electron chi connectivity index (χ0n) is 31.3. The van der Waals surface area contributed by atoms with Gasteiger partial charge in [0, 0.05) is 44.5 Å². The average molecular weight is 735 g/mol. The van der Waals surface area contributed by atoms with Crippen LogP contribution in [0.4, 0.5) is 17.1 Å². The normalized spacial score (nSPS) is 13.8. The second-order valence-electron chi connectivity index (χ2n) is 14.3. The number of fused-ring (bicyclic) bond motifs is 3. The fraction of sp³-hybridized carbons (Fsp3) is 0.0577. The van der Waals surface area contributed by atoms with Gasteiger partial charge in [-0.1, -0.05) is 140 Å². The molecule has 0 bridgehead atoms. The highest BCUT2D eigenvalue weighted by atomic mass is 16.3. The van der Waals surface area contributed by atoms with Gasteiger partial charge in [-0.2, -0.15) is 0 Å². The molecule has 272 valence electrons. The summed E-state index contributed by atoms with van der Waals surface area (Å²) in [5.41, 5.74) is 12.4. The van der Waals surface area contributed by atoms with Crippen molar-refractivity contribution in [3.05, 3.63) is 206 Å². The van der Waals surface area contributed by atoms with Gasteiger partial charge in [0.1, 0.15) is 11.2 Å². The van der Waals surface area contributed by atoms with Crippen LogP contribution in [0.3, 0.4) is 0 Å². The second kappa shape index (κ2) is 15.0. The molecule has 10 rings (SSSR count). The maximum Gasteiger partial charge on any atom is 0.164 e. The van der Waals surface area contributed by atoms with Gasteiger partial charge in [0.25, 0.3) is 0 Å². The van der Waals surface area contributed by atoms with Gasteiger partial charge in [-0.15, -0.1) is 0 Å². The molecule has 8 aromatic rings. The maximum absolute atomic E-state index is 6.57. The molecule has 6 aromatic carbocycles. The molecule has 0 saturated carbocycles. The zero-order valence-corrected chi connectivity index (χ0v) is 31.3. The highest BCUT2D eigenvalue weighted by Crippen LogP contribution is 2.40. The van der Waals surface area contributed by atoms with E-state index in [2.05, 4.69) is 151 Å². The summed E-state index contributed by atoms with van der Waals surface area (Å²) in [6, 6.07) is 50.9. The first-order valence-corrected chi connectivity index (χ1v) is 19.5. The summed E-state index contributed by atoms with van der Waals surface area (Å²) in [6.07, 6.45) is 20.2. The fourth-order valence-corrected chi connectivity index (χ4v) is 7.74. The monoisotopic (exact) mass is 734 g/mol. The van der Waals surface area contributed by atoms with Crippen molar-refractivity contribution in [3.63, 3.8) is 0 Å². The third-order valence-electron chi connectivity index (χ3n) is 10.6. The van der Waals surface area contributed by atoms with Gasteiger partial charge >= 0.3 is 0 Å². The van der Waals surface area contributed by atoms with Crippen LogP contribution in [0.15, 0.2) is 199 Å². The Hall–Kier alpha value is -7.37. The quantitative estimate of drug-likeness (QED) is 0.156. The summed E-state index contributed by atoms with van der Waals surface area (Å²) < 4.78 is 6.57. The topological polar surface area (TPSA) is 55.1 Å². The van der Waals surface area contributed by atoms with E-state index in [9.17, 15) is 0 Å². The van der Waals surface area contributed by atoms with Crippen LogP contribution in [-0.4, -0.2) is 15.0 Å². The summed E-state index contributed by atoms with van der Waals surface area (Å²) in [7, 11) is 0. The molecule has 5 heteroatoms. The number of nitrogens with zero attached hydrogens (tertiary/aromatic N) is 4. The molecule has 0 spiro atoms. The third-order valence-corrected chi connectivity index (χ3v) is 10.6.